The maximum atomic E-state index is 4.44. The molecule has 0 saturated carbocycles. The van der Waals surface area contributed by atoms with Gasteiger partial charge < -0.3 is 5.32 Å². The van der Waals surface area contributed by atoms with Crippen molar-refractivity contribution in [1.82, 2.24) is 9.88 Å². The van der Waals surface area contributed by atoms with E-state index in [1.54, 1.807) is 0 Å². The summed E-state index contributed by atoms with van der Waals surface area (Å²) in [4.78, 5) is 6.74. The topological polar surface area (TPSA) is 28.2 Å². The summed E-state index contributed by atoms with van der Waals surface area (Å²) in [5.74, 6) is 0. The van der Waals surface area contributed by atoms with Crippen LogP contribution in [0.2, 0.25) is 0 Å². The molecular weight excluding hydrogens is 246 g/mol. The second-order valence-corrected chi connectivity index (χ2v) is 5.16. The first-order valence-corrected chi connectivity index (χ1v) is 7.11. The van der Waals surface area contributed by atoms with Gasteiger partial charge in [-0.15, -0.1) is 0 Å². The van der Waals surface area contributed by atoms with Crippen LogP contribution in [0.5, 0.6) is 0 Å². The van der Waals surface area contributed by atoms with Crippen LogP contribution in [-0.4, -0.2) is 23.5 Å². The molecule has 2 rings (SSSR count). The van der Waals surface area contributed by atoms with E-state index in [0.717, 1.165) is 31.0 Å². The average molecular weight is 269 g/mol. The van der Waals surface area contributed by atoms with Gasteiger partial charge in [-0.3, -0.25) is 9.88 Å². The molecule has 3 heteroatoms. The normalized spacial score (nSPS) is 10.8. The first-order chi connectivity index (χ1) is 9.69. The predicted molar refractivity (Wildman–Crippen MR) is 84.8 cm³/mol. The summed E-state index contributed by atoms with van der Waals surface area (Å²) in [6, 6.07) is 12.7. The number of anilines is 1. The largest absolute Gasteiger partial charge is 0.385 e. The summed E-state index contributed by atoms with van der Waals surface area (Å²) in [6.07, 6.45) is 1.87. The third-order valence-corrected chi connectivity index (χ3v) is 3.33. The van der Waals surface area contributed by atoms with Gasteiger partial charge in [0.25, 0.3) is 0 Å². The maximum Gasteiger partial charge on any atom is 0.0564 e. The Morgan fingerprint density at radius 1 is 1.15 bits per heavy atom. The fraction of sp³-hybridized carbons (Fsp3) is 0.353. The van der Waals surface area contributed by atoms with E-state index in [4.69, 9.17) is 0 Å². The highest BCUT2D eigenvalue weighted by Gasteiger charge is 2.05. The Labute approximate surface area is 121 Å². The predicted octanol–water partition coefficient (Wildman–Crippen LogP) is 3.45. The van der Waals surface area contributed by atoms with Crippen molar-refractivity contribution in [2.45, 2.75) is 26.9 Å². The first kappa shape index (κ1) is 14.5. The number of nitrogens with one attached hydrogen (secondary N) is 1. The van der Waals surface area contributed by atoms with Crippen molar-refractivity contribution in [2.24, 2.45) is 0 Å². The Hall–Kier alpha value is -1.87. The molecule has 1 aromatic heterocycles. The fourth-order valence-electron chi connectivity index (χ4n) is 2.29. The summed E-state index contributed by atoms with van der Waals surface area (Å²) in [5, 5.41) is 3.32. The molecule has 1 N–H and O–H groups in total. The van der Waals surface area contributed by atoms with Crippen LogP contribution in [-0.2, 0) is 13.1 Å². The molecule has 0 aliphatic carbocycles. The minimum absolute atomic E-state index is 0.855. The van der Waals surface area contributed by atoms with Crippen LogP contribution in [0, 0.1) is 6.92 Å². The van der Waals surface area contributed by atoms with Crippen molar-refractivity contribution >= 4 is 5.69 Å². The molecule has 0 unspecified atom stereocenters. The number of rotatable bonds is 6. The third-order valence-electron chi connectivity index (χ3n) is 3.33. The number of nitrogens with zero attached hydrogens (tertiary/aromatic N) is 2. The second kappa shape index (κ2) is 7.06. The van der Waals surface area contributed by atoms with Crippen molar-refractivity contribution in [1.29, 1.82) is 0 Å². The van der Waals surface area contributed by atoms with Crippen molar-refractivity contribution in [2.75, 3.05) is 18.9 Å². The van der Waals surface area contributed by atoms with Crippen molar-refractivity contribution < 1.29 is 0 Å². The lowest BCUT2D eigenvalue weighted by atomic mass is 10.1. The molecule has 0 fully saturated rings. The highest BCUT2D eigenvalue weighted by molar-refractivity contribution is 5.42. The quantitative estimate of drug-likeness (QED) is 0.870. The molecule has 0 spiro atoms. The van der Waals surface area contributed by atoms with E-state index in [1.165, 1.54) is 11.1 Å². The van der Waals surface area contributed by atoms with Crippen LogP contribution in [0.4, 0.5) is 5.69 Å². The van der Waals surface area contributed by atoms with Crippen LogP contribution in [0.1, 0.15) is 23.7 Å². The Balaban J connectivity index is 1.99. The fourth-order valence-corrected chi connectivity index (χ4v) is 2.29. The summed E-state index contributed by atoms with van der Waals surface area (Å²) in [7, 11) is 2.13. The molecule has 20 heavy (non-hydrogen) atoms. The number of aromatic nitrogens is 1. The SMILES string of the molecule is CCNc1ccnc(CN(C)Cc2ccccc2C)c1. The molecule has 0 aliphatic heterocycles. The van der Waals surface area contributed by atoms with Gasteiger partial charge in [-0.05, 0) is 44.2 Å². The van der Waals surface area contributed by atoms with Gasteiger partial charge in [0.05, 0.1) is 5.69 Å². The van der Waals surface area contributed by atoms with Gasteiger partial charge in [0.2, 0.25) is 0 Å². The molecule has 0 bridgehead atoms. The van der Waals surface area contributed by atoms with Crippen LogP contribution in [0.15, 0.2) is 42.6 Å². The lowest BCUT2D eigenvalue weighted by Crippen LogP contribution is -2.18. The minimum Gasteiger partial charge on any atom is -0.385 e. The van der Waals surface area contributed by atoms with E-state index in [2.05, 4.69) is 66.4 Å². The number of pyridine rings is 1. The molecule has 0 atom stereocenters. The van der Waals surface area contributed by atoms with Gasteiger partial charge in [0, 0.05) is 31.5 Å². The van der Waals surface area contributed by atoms with E-state index >= 15 is 0 Å². The van der Waals surface area contributed by atoms with Gasteiger partial charge in [-0.2, -0.15) is 0 Å². The molecule has 3 nitrogen and oxygen atoms in total. The number of hydrogen-bond donors (Lipinski definition) is 1. The molecule has 106 valence electrons. The molecular formula is C17H23N3. The van der Waals surface area contributed by atoms with Gasteiger partial charge in [0.15, 0.2) is 0 Å². The zero-order valence-electron chi connectivity index (χ0n) is 12.6. The Bertz CT molecular complexity index is 551. The molecule has 0 radical (unpaired) electrons. The van der Waals surface area contributed by atoms with Crippen LogP contribution in [0.25, 0.3) is 0 Å². The van der Waals surface area contributed by atoms with Gasteiger partial charge in [-0.1, -0.05) is 24.3 Å². The Morgan fingerprint density at radius 2 is 1.95 bits per heavy atom. The Morgan fingerprint density at radius 3 is 2.70 bits per heavy atom. The molecule has 0 saturated heterocycles. The van der Waals surface area contributed by atoms with E-state index < -0.39 is 0 Å². The average Bonchev–Trinajstić information content (AvgIpc) is 2.42. The molecule has 2 aromatic rings. The summed E-state index contributed by atoms with van der Waals surface area (Å²) in [5.41, 5.74) is 4.95. The molecule has 1 aromatic carbocycles. The number of benzene rings is 1. The van der Waals surface area contributed by atoms with Crippen LogP contribution >= 0.6 is 0 Å². The van der Waals surface area contributed by atoms with E-state index in [0.29, 0.717) is 0 Å². The third kappa shape index (κ3) is 4.07. The van der Waals surface area contributed by atoms with E-state index in [1.807, 2.05) is 12.3 Å². The lowest BCUT2D eigenvalue weighted by Gasteiger charge is -2.18. The monoisotopic (exact) mass is 269 g/mol. The summed E-state index contributed by atoms with van der Waals surface area (Å²) in [6.45, 7) is 6.99. The highest BCUT2D eigenvalue weighted by atomic mass is 15.1. The second-order valence-electron chi connectivity index (χ2n) is 5.16. The standard InChI is InChI=1S/C17H23N3/c1-4-18-16-9-10-19-17(11-16)13-20(3)12-15-8-6-5-7-14(15)2/h5-11H,4,12-13H2,1-3H3,(H,18,19). The smallest absolute Gasteiger partial charge is 0.0564 e. The van der Waals surface area contributed by atoms with Crippen LogP contribution < -0.4 is 5.32 Å². The Kier molecular flexibility index (Phi) is 5.13. The lowest BCUT2D eigenvalue weighted by molar-refractivity contribution is 0.314. The zero-order valence-corrected chi connectivity index (χ0v) is 12.6. The summed E-state index contributed by atoms with van der Waals surface area (Å²) >= 11 is 0. The maximum absolute atomic E-state index is 4.44. The summed E-state index contributed by atoms with van der Waals surface area (Å²) < 4.78 is 0. The van der Waals surface area contributed by atoms with E-state index in [9.17, 15) is 0 Å². The number of aryl methyl sites for hydroxylation is 1. The van der Waals surface area contributed by atoms with Crippen molar-refractivity contribution in [3.63, 3.8) is 0 Å². The van der Waals surface area contributed by atoms with Gasteiger partial charge in [-0.25, -0.2) is 0 Å². The van der Waals surface area contributed by atoms with Crippen LogP contribution in [0.3, 0.4) is 0 Å². The minimum atomic E-state index is 0.855. The zero-order chi connectivity index (χ0) is 14.4. The van der Waals surface area contributed by atoms with Crippen molar-refractivity contribution in [3.8, 4) is 0 Å². The highest BCUT2D eigenvalue weighted by Crippen LogP contribution is 2.13. The molecule has 1 heterocycles. The molecule has 0 aliphatic rings. The molecule has 0 amide bonds. The van der Waals surface area contributed by atoms with Gasteiger partial charge >= 0.3 is 0 Å². The number of hydrogen-bond acceptors (Lipinski definition) is 3. The van der Waals surface area contributed by atoms with Crippen molar-refractivity contribution in [3.05, 3.63) is 59.4 Å². The van der Waals surface area contributed by atoms with Gasteiger partial charge in [0.1, 0.15) is 0 Å². The first-order valence-electron chi connectivity index (χ1n) is 7.11. The van der Waals surface area contributed by atoms with E-state index in [-0.39, 0.29) is 0 Å².